The summed E-state index contributed by atoms with van der Waals surface area (Å²) in [4.78, 5) is 17.4. The molecular weight excluding hydrogens is 1290 g/mol. The summed E-state index contributed by atoms with van der Waals surface area (Å²) in [6.45, 7) is -0.368. The van der Waals surface area contributed by atoms with E-state index in [1.807, 2.05) is 22.7 Å². The maximum Gasteiger partial charge on any atom is 0.264 e. The number of anilines is 18. The topological polar surface area (TPSA) is 32.6 Å². The fourth-order valence-corrected chi connectivity index (χ4v) is 19.1. The van der Waals surface area contributed by atoms with Gasteiger partial charge in [0, 0.05) is 122 Å². The fraction of sp³-hybridized carbons (Fsp3) is 0. The van der Waals surface area contributed by atoms with Crippen molar-refractivity contribution in [2.75, 3.05) is 29.4 Å². The summed E-state index contributed by atoms with van der Waals surface area (Å²) >= 11 is 3.82. The first kappa shape index (κ1) is 59.1. The smallest absolute Gasteiger partial charge is 0.264 e. The van der Waals surface area contributed by atoms with Gasteiger partial charge in [0.1, 0.15) is 11.2 Å². The first-order valence-electron chi connectivity index (χ1n) is 35.1. The van der Waals surface area contributed by atoms with Crippen molar-refractivity contribution in [3.63, 3.8) is 0 Å². The maximum atomic E-state index is 7.63. The number of fused-ring (bicyclic) bond motifs is 11. The van der Waals surface area contributed by atoms with E-state index < -0.39 is 0 Å². The molecule has 0 saturated heterocycles. The Kier molecular flexibility index (Phi) is 13.7. The Morgan fingerprint density at radius 3 is 0.796 bits per heavy atom. The minimum absolute atomic E-state index is 0.184. The van der Waals surface area contributed by atoms with Gasteiger partial charge in [-0.2, -0.15) is 0 Å². The quantitative estimate of drug-likeness (QED) is 0.113. The van der Waals surface area contributed by atoms with Gasteiger partial charge in [-0.1, -0.05) is 218 Å². The Hall–Kier alpha value is -12.8. The molecule has 0 saturated carbocycles. The first-order chi connectivity index (χ1) is 51.1. The van der Waals surface area contributed by atoms with E-state index in [0.29, 0.717) is 0 Å². The van der Waals surface area contributed by atoms with E-state index in [0.717, 1.165) is 113 Å². The summed E-state index contributed by atoms with van der Waals surface area (Å²) in [6.07, 6.45) is 0. The number of nitrogens with zero attached hydrogens (tertiary/aromatic N) is 6. The first-order valence-corrected chi connectivity index (χ1v) is 36.7. The third-order valence-electron chi connectivity index (χ3n) is 20.9. The van der Waals surface area contributed by atoms with Crippen molar-refractivity contribution in [2.45, 2.75) is 0 Å². The molecule has 14 aromatic carbocycles. The van der Waals surface area contributed by atoms with Crippen LogP contribution in [0.2, 0.25) is 0 Å². The van der Waals surface area contributed by atoms with Crippen molar-refractivity contribution in [1.82, 2.24) is 0 Å². The summed E-state index contributed by atoms with van der Waals surface area (Å²) in [7, 11) is 0. The van der Waals surface area contributed by atoms with Gasteiger partial charge in [-0.05, 0) is 166 Å². The van der Waals surface area contributed by atoms with Gasteiger partial charge in [0.2, 0.25) is 0 Å². The highest BCUT2D eigenvalue weighted by Crippen LogP contribution is 2.54. The fourth-order valence-electron chi connectivity index (χ4n) is 16.6. The van der Waals surface area contributed by atoms with Crippen molar-refractivity contribution < 1.29 is 4.42 Å². The average molecular weight is 1350 g/mol. The molecule has 17 aromatic rings. The summed E-state index contributed by atoms with van der Waals surface area (Å²) < 4.78 is 10.2. The van der Waals surface area contributed by atoms with Crippen LogP contribution in [0.25, 0.3) is 42.8 Å². The van der Waals surface area contributed by atoms with Gasteiger partial charge in [-0.3, -0.25) is 0 Å². The second-order valence-electron chi connectivity index (χ2n) is 26.7. The molecule has 3 aromatic heterocycles. The number of benzene rings is 14. The van der Waals surface area contributed by atoms with Crippen LogP contribution in [0.5, 0.6) is 0 Å². The molecule has 4 aliphatic rings. The molecule has 21 rings (SSSR count). The Balaban J connectivity index is 0.852. The lowest BCUT2D eigenvalue weighted by molar-refractivity contribution is 0.669. The molecule has 0 atom stereocenters. The average Bonchev–Trinajstić information content (AvgIpc) is 1.68. The molecule has 0 fully saturated rings. The largest absolute Gasteiger partial charge is 0.456 e. The molecule has 103 heavy (non-hydrogen) atoms. The molecule has 0 bridgehead atoms. The molecule has 7 nitrogen and oxygen atoms in total. The van der Waals surface area contributed by atoms with Gasteiger partial charge < -0.3 is 33.8 Å². The lowest BCUT2D eigenvalue weighted by Gasteiger charge is -2.44. The highest BCUT2D eigenvalue weighted by molar-refractivity contribution is 7.32. The SMILES string of the molecule is c1ccc(-c2cc3c(s2)B2c4cc5c(cc4N(c4ccccc4)c4cc(N(c6ccccc6)c6ccccc6)cc(c42)N3c2ccccc2)oc2cc3c(cc25)B2c4sc(-c5ccccc5)cc4N(c4ccccc4)c4cc(N(c5ccccc5)c5ccccc5)cc(c42)N3c2ccccc2)cc1. The number of furan rings is 1. The predicted octanol–water partition coefficient (Wildman–Crippen LogP) is 22.1. The molecule has 0 spiro atoms. The highest BCUT2D eigenvalue weighted by Gasteiger charge is 2.49. The molecule has 482 valence electrons. The van der Waals surface area contributed by atoms with E-state index >= 15 is 0 Å². The zero-order valence-corrected chi connectivity index (χ0v) is 57.3. The second kappa shape index (κ2) is 24.0. The number of para-hydroxylation sites is 8. The molecule has 0 aliphatic carbocycles. The minimum atomic E-state index is -0.184. The number of rotatable bonds is 12. The summed E-state index contributed by atoms with van der Waals surface area (Å²) in [6, 6.07) is 133. The molecule has 4 aliphatic heterocycles. The van der Waals surface area contributed by atoms with Gasteiger partial charge in [-0.25, -0.2) is 0 Å². The normalized spacial score (nSPS) is 12.9. The van der Waals surface area contributed by atoms with Crippen LogP contribution in [0.4, 0.5) is 102 Å². The van der Waals surface area contributed by atoms with Gasteiger partial charge in [0.25, 0.3) is 13.4 Å². The molecular formula is C92H60B2N6OS2. The number of hydrogen-bond acceptors (Lipinski definition) is 9. The zero-order chi connectivity index (χ0) is 67.6. The van der Waals surface area contributed by atoms with Crippen LogP contribution in [0.1, 0.15) is 0 Å². The summed E-state index contributed by atoms with van der Waals surface area (Å²) in [5, 5.41) is 2.15. The molecule has 11 heteroatoms. The van der Waals surface area contributed by atoms with E-state index in [1.165, 1.54) is 63.7 Å². The Morgan fingerprint density at radius 1 is 0.243 bits per heavy atom. The molecule has 7 heterocycles. The van der Waals surface area contributed by atoms with Crippen molar-refractivity contribution in [3.8, 4) is 20.9 Å². The van der Waals surface area contributed by atoms with Crippen LogP contribution in [-0.4, -0.2) is 13.4 Å². The van der Waals surface area contributed by atoms with Gasteiger partial charge in [-0.15, -0.1) is 22.7 Å². The van der Waals surface area contributed by atoms with Crippen LogP contribution in [0, 0.1) is 0 Å². The van der Waals surface area contributed by atoms with Crippen LogP contribution in [0.3, 0.4) is 0 Å². The minimum Gasteiger partial charge on any atom is -0.456 e. The number of hydrogen-bond donors (Lipinski definition) is 0. The van der Waals surface area contributed by atoms with Gasteiger partial charge in [0.05, 0.1) is 22.7 Å². The second-order valence-corrected chi connectivity index (χ2v) is 28.9. The molecule has 0 N–H and O–H groups in total. The van der Waals surface area contributed by atoms with Crippen molar-refractivity contribution in [3.05, 3.63) is 364 Å². The van der Waals surface area contributed by atoms with Crippen molar-refractivity contribution >= 4 is 192 Å². The van der Waals surface area contributed by atoms with Crippen LogP contribution in [-0.2, 0) is 0 Å². The van der Waals surface area contributed by atoms with Gasteiger partial charge in [0.15, 0.2) is 0 Å². The van der Waals surface area contributed by atoms with Crippen molar-refractivity contribution in [1.29, 1.82) is 0 Å². The van der Waals surface area contributed by atoms with Crippen LogP contribution < -0.4 is 60.8 Å². The maximum absolute atomic E-state index is 7.63. The monoisotopic (exact) mass is 1350 g/mol. The summed E-state index contributed by atoms with van der Waals surface area (Å²) in [5.41, 5.74) is 28.5. The number of thiophene rings is 2. The Morgan fingerprint density at radius 2 is 0.505 bits per heavy atom. The lowest BCUT2D eigenvalue weighted by Crippen LogP contribution is -2.60. The lowest BCUT2D eigenvalue weighted by atomic mass is 9.36. The highest BCUT2D eigenvalue weighted by atomic mass is 32.1. The molecule has 0 amide bonds. The standard InChI is InChI=1S/C92H60B2N6OS2/c1-11-31-61(32-12-1)87-59-83-91(102-87)93-75-55-73-74-56-76-78(58-86(74)101-85(73)57-77(75)97(67-43-23-7-24-44-67)79-51-71(53-81(89(79)93)99(83)69-47-27-9-28-48-69)95(63-35-15-3-16-36-63)64-37-17-4-18-38-64)98(68-45-25-8-26-46-68)80-52-72(96(65-39-19-5-20-40-65)66-41-21-6-22-42-66)54-82-90(80)94(76)92-84(100(82)70-49-29-10-30-50-70)60-88(103-92)62-33-13-2-14-34-62/h1-60H. The third-order valence-corrected chi connectivity index (χ3v) is 23.4. The van der Waals surface area contributed by atoms with E-state index in [2.05, 4.69) is 393 Å². The Labute approximate surface area is 606 Å². The van der Waals surface area contributed by atoms with Crippen molar-refractivity contribution in [2.24, 2.45) is 0 Å². The van der Waals surface area contributed by atoms with E-state index in [-0.39, 0.29) is 13.4 Å². The van der Waals surface area contributed by atoms with Crippen LogP contribution >= 0.6 is 22.7 Å². The van der Waals surface area contributed by atoms with Gasteiger partial charge >= 0.3 is 0 Å². The molecule has 0 radical (unpaired) electrons. The predicted molar refractivity (Wildman–Crippen MR) is 438 cm³/mol. The van der Waals surface area contributed by atoms with Crippen LogP contribution in [0.15, 0.2) is 368 Å². The van der Waals surface area contributed by atoms with E-state index in [1.54, 1.807) is 0 Å². The third kappa shape index (κ3) is 9.50. The zero-order valence-electron chi connectivity index (χ0n) is 55.7. The van der Waals surface area contributed by atoms with E-state index in [4.69, 9.17) is 4.42 Å². The Bertz CT molecular complexity index is 5640. The summed E-state index contributed by atoms with van der Waals surface area (Å²) in [5.74, 6) is 0. The van der Waals surface area contributed by atoms with E-state index in [9.17, 15) is 0 Å². The molecule has 0 unspecified atom stereocenters.